The van der Waals surface area contributed by atoms with Gasteiger partial charge in [0.2, 0.25) is 5.91 Å². The second-order valence-corrected chi connectivity index (χ2v) is 8.94. The molecule has 0 atom stereocenters. The van der Waals surface area contributed by atoms with E-state index in [1.165, 1.54) is 31.0 Å². The van der Waals surface area contributed by atoms with Gasteiger partial charge in [-0.1, -0.05) is 44.9 Å². The van der Waals surface area contributed by atoms with Gasteiger partial charge in [-0.25, -0.2) is 4.98 Å². The highest BCUT2D eigenvalue weighted by Gasteiger charge is 2.23. The molecule has 27 heavy (non-hydrogen) atoms. The number of carbonyl (C=O) groups is 1. The maximum atomic E-state index is 12.9. The number of fused-ring (bicyclic) bond motifs is 1. The molecule has 1 N–H and O–H groups in total. The zero-order valence-electron chi connectivity index (χ0n) is 16.7. The van der Waals surface area contributed by atoms with Crippen LogP contribution in [0, 0.1) is 12.8 Å². The molecule has 0 saturated heterocycles. The summed E-state index contributed by atoms with van der Waals surface area (Å²) in [7, 11) is 1.91. The van der Waals surface area contributed by atoms with E-state index in [-0.39, 0.29) is 11.5 Å². The first-order valence-electron chi connectivity index (χ1n) is 9.85. The predicted molar refractivity (Wildman–Crippen MR) is 110 cm³/mol. The third-order valence-electron chi connectivity index (χ3n) is 5.23. The van der Waals surface area contributed by atoms with Crippen molar-refractivity contribution in [2.75, 3.05) is 12.8 Å². The van der Waals surface area contributed by atoms with E-state index in [1.807, 2.05) is 24.9 Å². The fraction of sp³-hybridized carbons (Fsp3) is 0.650. The standard InChI is InChI=1S/C20H30N4O2S/c1-13(2)11-24-19(26)18-16(10-14(3)21-18)22-20(24)27-12-17(25)23(4)15-8-6-5-7-9-15/h10,13,15,21H,5-9,11-12H2,1-4H3. The molecule has 7 heteroatoms. The van der Waals surface area contributed by atoms with Crippen molar-refractivity contribution >= 4 is 28.7 Å². The number of thioether (sulfide) groups is 1. The van der Waals surface area contributed by atoms with Crippen LogP contribution in [0.5, 0.6) is 0 Å². The van der Waals surface area contributed by atoms with E-state index < -0.39 is 0 Å². The molecule has 0 radical (unpaired) electrons. The average molecular weight is 391 g/mol. The van der Waals surface area contributed by atoms with Gasteiger partial charge in [0.05, 0.1) is 11.3 Å². The Balaban J connectivity index is 1.80. The Labute approximate surface area is 164 Å². The lowest BCUT2D eigenvalue weighted by atomic mass is 9.94. The van der Waals surface area contributed by atoms with Crippen LogP contribution in [0.1, 0.15) is 51.6 Å². The van der Waals surface area contributed by atoms with E-state index in [9.17, 15) is 9.59 Å². The second kappa shape index (κ2) is 8.50. The number of aromatic nitrogens is 3. The van der Waals surface area contributed by atoms with Crippen LogP contribution < -0.4 is 5.56 Å². The summed E-state index contributed by atoms with van der Waals surface area (Å²) < 4.78 is 1.71. The van der Waals surface area contributed by atoms with Crippen molar-refractivity contribution in [3.63, 3.8) is 0 Å². The first-order chi connectivity index (χ1) is 12.9. The van der Waals surface area contributed by atoms with E-state index in [0.717, 1.165) is 18.5 Å². The summed E-state index contributed by atoms with van der Waals surface area (Å²) in [4.78, 5) is 35.3. The normalized spacial score (nSPS) is 15.6. The summed E-state index contributed by atoms with van der Waals surface area (Å²) in [6, 6.07) is 2.24. The maximum Gasteiger partial charge on any atom is 0.278 e. The lowest BCUT2D eigenvalue weighted by Crippen LogP contribution is -2.39. The molecule has 1 saturated carbocycles. The minimum atomic E-state index is -0.0580. The lowest BCUT2D eigenvalue weighted by molar-refractivity contribution is -0.129. The number of aryl methyl sites for hydroxylation is 1. The fourth-order valence-corrected chi connectivity index (χ4v) is 4.68. The summed E-state index contributed by atoms with van der Waals surface area (Å²) in [5, 5.41) is 0.630. The summed E-state index contributed by atoms with van der Waals surface area (Å²) in [5.41, 5.74) is 2.08. The highest BCUT2D eigenvalue weighted by atomic mass is 32.2. The summed E-state index contributed by atoms with van der Waals surface area (Å²) in [6.07, 6.45) is 5.87. The van der Waals surface area contributed by atoms with Crippen molar-refractivity contribution in [1.82, 2.24) is 19.4 Å². The van der Waals surface area contributed by atoms with Crippen LogP contribution in [0.3, 0.4) is 0 Å². The molecule has 1 aliphatic carbocycles. The number of nitrogens with one attached hydrogen (secondary N) is 1. The number of H-pyrrole nitrogens is 1. The fourth-order valence-electron chi connectivity index (χ4n) is 3.75. The highest BCUT2D eigenvalue weighted by molar-refractivity contribution is 7.99. The summed E-state index contributed by atoms with van der Waals surface area (Å²) in [5.74, 6) is 0.743. The van der Waals surface area contributed by atoms with E-state index >= 15 is 0 Å². The number of rotatable bonds is 6. The lowest BCUT2D eigenvalue weighted by Gasteiger charge is -2.31. The third kappa shape index (κ3) is 4.57. The molecule has 1 fully saturated rings. The minimum Gasteiger partial charge on any atom is -0.353 e. The Morgan fingerprint density at radius 2 is 2.07 bits per heavy atom. The molecule has 0 unspecified atom stereocenters. The van der Waals surface area contributed by atoms with Crippen LogP contribution in [0.4, 0.5) is 0 Å². The molecule has 1 aliphatic rings. The molecule has 1 amide bonds. The average Bonchev–Trinajstić information content (AvgIpc) is 3.02. The summed E-state index contributed by atoms with van der Waals surface area (Å²) in [6.45, 7) is 6.66. The van der Waals surface area contributed by atoms with Crippen molar-refractivity contribution in [2.24, 2.45) is 5.92 Å². The van der Waals surface area contributed by atoms with E-state index in [1.54, 1.807) is 4.57 Å². The van der Waals surface area contributed by atoms with Gasteiger partial charge in [0, 0.05) is 25.3 Å². The maximum absolute atomic E-state index is 12.9. The van der Waals surface area contributed by atoms with Gasteiger partial charge in [-0.3, -0.25) is 14.2 Å². The Kier molecular flexibility index (Phi) is 6.29. The van der Waals surface area contributed by atoms with Gasteiger partial charge in [0.25, 0.3) is 5.56 Å². The minimum absolute atomic E-state index is 0.0580. The van der Waals surface area contributed by atoms with Crippen LogP contribution >= 0.6 is 11.8 Å². The number of nitrogens with zero attached hydrogens (tertiary/aromatic N) is 3. The Hall–Kier alpha value is -1.76. The first-order valence-corrected chi connectivity index (χ1v) is 10.8. The van der Waals surface area contributed by atoms with E-state index in [4.69, 9.17) is 0 Å². The highest BCUT2D eigenvalue weighted by Crippen LogP contribution is 2.24. The zero-order chi connectivity index (χ0) is 19.6. The first kappa shape index (κ1) is 20.0. The van der Waals surface area contributed by atoms with Gasteiger partial charge in [-0.15, -0.1) is 0 Å². The molecule has 0 spiro atoms. The molecule has 148 valence electrons. The van der Waals surface area contributed by atoms with Crippen molar-refractivity contribution in [1.29, 1.82) is 0 Å². The number of aromatic amines is 1. The molecule has 0 aromatic carbocycles. The van der Waals surface area contributed by atoms with Crippen molar-refractivity contribution < 1.29 is 4.79 Å². The topological polar surface area (TPSA) is 71.0 Å². The van der Waals surface area contributed by atoms with E-state index in [2.05, 4.69) is 23.8 Å². The third-order valence-corrected chi connectivity index (χ3v) is 6.19. The Bertz CT molecular complexity index is 865. The monoisotopic (exact) mass is 390 g/mol. The number of hydrogen-bond acceptors (Lipinski definition) is 4. The Morgan fingerprint density at radius 3 is 2.74 bits per heavy atom. The smallest absolute Gasteiger partial charge is 0.278 e. The molecule has 0 aliphatic heterocycles. The van der Waals surface area contributed by atoms with Gasteiger partial charge in [-0.2, -0.15) is 0 Å². The van der Waals surface area contributed by atoms with Crippen molar-refractivity contribution in [3.05, 3.63) is 22.1 Å². The quantitative estimate of drug-likeness (QED) is 0.605. The molecular formula is C20H30N4O2S. The molecule has 0 bridgehead atoms. The molecule has 2 aromatic heterocycles. The second-order valence-electron chi connectivity index (χ2n) is 8.00. The van der Waals surface area contributed by atoms with Gasteiger partial charge in [0.15, 0.2) is 5.16 Å². The zero-order valence-corrected chi connectivity index (χ0v) is 17.6. The largest absolute Gasteiger partial charge is 0.353 e. The van der Waals surface area contributed by atoms with Crippen LogP contribution in [-0.4, -0.2) is 44.2 Å². The van der Waals surface area contributed by atoms with Crippen LogP contribution in [0.15, 0.2) is 16.0 Å². The number of amides is 1. The van der Waals surface area contributed by atoms with Crippen molar-refractivity contribution in [3.8, 4) is 0 Å². The van der Waals surface area contributed by atoms with E-state index in [0.29, 0.717) is 40.4 Å². The molecule has 2 aromatic rings. The molecule has 2 heterocycles. The summed E-state index contributed by atoms with van der Waals surface area (Å²) >= 11 is 1.37. The number of hydrogen-bond donors (Lipinski definition) is 1. The van der Waals surface area contributed by atoms with Gasteiger partial charge in [-0.05, 0) is 31.7 Å². The molecule has 3 rings (SSSR count). The van der Waals surface area contributed by atoms with Gasteiger partial charge < -0.3 is 9.88 Å². The van der Waals surface area contributed by atoms with Gasteiger partial charge in [0.1, 0.15) is 5.52 Å². The molecular weight excluding hydrogens is 360 g/mol. The Morgan fingerprint density at radius 1 is 1.37 bits per heavy atom. The van der Waals surface area contributed by atoms with Crippen LogP contribution in [0.2, 0.25) is 0 Å². The number of carbonyl (C=O) groups excluding carboxylic acids is 1. The van der Waals surface area contributed by atoms with Gasteiger partial charge >= 0.3 is 0 Å². The van der Waals surface area contributed by atoms with Crippen molar-refractivity contribution in [2.45, 2.75) is 70.6 Å². The van der Waals surface area contributed by atoms with Crippen LogP contribution in [-0.2, 0) is 11.3 Å². The molecule has 6 nitrogen and oxygen atoms in total. The predicted octanol–water partition coefficient (Wildman–Crippen LogP) is 3.57. The van der Waals surface area contributed by atoms with Crippen LogP contribution in [0.25, 0.3) is 11.0 Å². The SMILES string of the molecule is Cc1cc2nc(SCC(=O)N(C)C3CCCCC3)n(CC(C)C)c(=O)c2[nH]1.